The summed E-state index contributed by atoms with van der Waals surface area (Å²) in [7, 11) is 1.49. The van der Waals surface area contributed by atoms with E-state index in [2.05, 4.69) is 10.6 Å². The summed E-state index contributed by atoms with van der Waals surface area (Å²) in [4.78, 5) is 65.1. The molecule has 0 aromatic heterocycles. The number of ether oxygens (including phenoxy) is 1. The van der Waals surface area contributed by atoms with Crippen molar-refractivity contribution in [2.24, 2.45) is 5.92 Å². The van der Waals surface area contributed by atoms with Gasteiger partial charge >= 0.3 is 18.1 Å². The van der Waals surface area contributed by atoms with Gasteiger partial charge in [-0.3, -0.25) is 14.4 Å². The fraction of sp³-hybridized carbons (Fsp3) is 0.370. The van der Waals surface area contributed by atoms with Gasteiger partial charge in [-0.2, -0.15) is 0 Å². The SMILES string of the molecule is CNC(=O)Nc1ccc2c(c1)CCC21OC(=O)N(CC(=O)N(Cc2ccc(F)cc2)C2CC(C(=O)O)C2)C1=O. The van der Waals surface area contributed by atoms with Crippen LogP contribution in [0.3, 0.4) is 0 Å². The van der Waals surface area contributed by atoms with Crippen molar-refractivity contribution in [1.29, 1.82) is 0 Å². The molecule has 2 aromatic rings. The molecular formula is C27H27FN4O7. The van der Waals surface area contributed by atoms with E-state index in [1.165, 1.54) is 36.2 Å². The average Bonchev–Trinajstić information content (AvgIpc) is 3.35. The van der Waals surface area contributed by atoms with Gasteiger partial charge in [0.25, 0.3) is 5.91 Å². The number of carbonyl (C=O) groups excluding carboxylic acids is 4. The van der Waals surface area contributed by atoms with Crippen LogP contribution in [0.25, 0.3) is 0 Å². The Morgan fingerprint density at radius 2 is 1.87 bits per heavy atom. The van der Waals surface area contributed by atoms with E-state index in [-0.39, 0.29) is 25.8 Å². The Morgan fingerprint density at radius 3 is 2.54 bits per heavy atom. The largest absolute Gasteiger partial charge is 0.481 e. The Labute approximate surface area is 222 Å². The lowest BCUT2D eigenvalue weighted by molar-refractivity contribution is -0.152. The number of aliphatic carboxylic acids is 1. The van der Waals surface area contributed by atoms with Crippen LogP contribution in [0.2, 0.25) is 0 Å². The zero-order valence-corrected chi connectivity index (χ0v) is 21.1. The zero-order valence-electron chi connectivity index (χ0n) is 21.1. The summed E-state index contributed by atoms with van der Waals surface area (Å²) in [5.74, 6) is -3.16. The zero-order chi connectivity index (χ0) is 27.9. The molecule has 204 valence electrons. The number of carboxylic acids is 1. The Hall–Kier alpha value is -4.48. The minimum Gasteiger partial charge on any atom is -0.481 e. The fourth-order valence-electron chi connectivity index (χ4n) is 5.40. The van der Waals surface area contributed by atoms with Gasteiger partial charge in [0, 0.05) is 37.3 Å². The molecule has 11 nitrogen and oxygen atoms in total. The van der Waals surface area contributed by atoms with E-state index in [0.717, 1.165) is 10.5 Å². The van der Waals surface area contributed by atoms with Crippen LogP contribution in [0.15, 0.2) is 42.5 Å². The third-order valence-corrected chi connectivity index (χ3v) is 7.63. The first kappa shape index (κ1) is 26.1. The molecule has 12 heteroatoms. The normalized spacial score (nSPS) is 23.2. The third-order valence-electron chi connectivity index (χ3n) is 7.63. The lowest BCUT2D eigenvalue weighted by Crippen LogP contribution is -2.52. The molecule has 0 radical (unpaired) electrons. The van der Waals surface area contributed by atoms with Crippen molar-refractivity contribution in [3.8, 4) is 0 Å². The summed E-state index contributed by atoms with van der Waals surface area (Å²) in [6.45, 7) is -0.497. The lowest BCUT2D eigenvalue weighted by Gasteiger charge is -2.41. The maximum atomic E-state index is 13.6. The minimum atomic E-state index is -1.55. The van der Waals surface area contributed by atoms with Crippen LogP contribution in [0, 0.1) is 11.7 Å². The molecule has 1 spiro atoms. The number of anilines is 1. The van der Waals surface area contributed by atoms with Gasteiger partial charge in [0.2, 0.25) is 11.5 Å². The van der Waals surface area contributed by atoms with Crippen molar-refractivity contribution in [1.82, 2.24) is 15.1 Å². The van der Waals surface area contributed by atoms with Crippen LogP contribution in [-0.2, 0) is 37.7 Å². The predicted octanol–water partition coefficient (Wildman–Crippen LogP) is 2.59. The smallest absolute Gasteiger partial charge is 0.418 e. The summed E-state index contributed by atoms with van der Waals surface area (Å²) in [6, 6.07) is 9.72. The summed E-state index contributed by atoms with van der Waals surface area (Å²) in [6.07, 6.45) is 0.166. The van der Waals surface area contributed by atoms with Gasteiger partial charge in [-0.1, -0.05) is 18.2 Å². The van der Waals surface area contributed by atoms with Crippen LogP contribution in [0.5, 0.6) is 0 Å². The number of aryl methyl sites for hydroxylation is 1. The molecule has 1 unspecified atom stereocenters. The number of amides is 5. The topological polar surface area (TPSA) is 145 Å². The van der Waals surface area contributed by atoms with Gasteiger partial charge in [0.05, 0.1) is 5.92 Å². The highest BCUT2D eigenvalue weighted by atomic mass is 19.1. The molecule has 2 aliphatic carbocycles. The summed E-state index contributed by atoms with van der Waals surface area (Å²) < 4.78 is 19.0. The van der Waals surface area contributed by atoms with E-state index >= 15 is 0 Å². The Kier molecular flexibility index (Phi) is 6.71. The molecule has 0 bridgehead atoms. The maximum absolute atomic E-state index is 13.6. The van der Waals surface area contributed by atoms with Crippen LogP contribution in [-0.4, -0.2) is 64.4 Å². The molecule has 3 aliphatic rings. The molecule has 1 heterocycles. The minimum absolute atomic E-state index is 0.0717. The second-order valence-electron chi connectivity index (χ2n) is 9.97. The number of rotatable bonds is 7. The van der Waals surface area contributed by atoms with Crippen molar-refractivity contribution in [2.75, 3.05) is 18.9 Å². The maximum Gasteiger partial charge on any atom is 0.418 e. The highest BCUT2D eigenvalue weighted by Gasteiger charge is 2.58. The summed E-state index contributed by atoms with van der Waals surface area (Å²) >= 11 is 0. The van der Waals surface area contributed by atoms with E-state index in [9.17, 15) is 33.5 Å². The van der Waals surface area contributed by atoms with Gasteiger partial charge in [-0.15, -0.1) is 0 Å². The summed E-state index contributed by atoms with van der Waals surface area (Å²) in [5.41, 5.74) is 0.840. The van der Waals surface area contributed by atoms with Crippen LogP contribution < -0.4 is 10.6 Å². The van der Waals surface area contributed by atoms with Gasteiger partial charge in [0.15, 0.2) is 0 Å². The Morgan fingerprint density at radius 1 is 1.15 bits per heavy atom. The van der Waals surface area contributed by atoms with Gasteiger partial charge in [0.1, 0.15) is 12.4 Å². The highest BCUT2D eigenvalue weighted by Crippen LogP contribution is 2.46. The number of imide groups is 1. The number of benzene rings is 2. The number of halogens is 1. The van der Waals surface area contributed by atoms with Gasteiger partial charge < -0.3 is 25.4 Å². The molecule has 1 atom stereocenters. The van der Waals surface area contributed by atoms with Crippen molar-refractivity contribution < 1.29 is 38.2 Å². The molecule has 3 N–H and O–H groups in total. The first-order valence-corrected chi connectivity index (χ1v) is 12.5. The van der Waals surface area contributed by atoms with E-state index < -0.39 is 59.8 Å². The van der Waals surface area contributed by atoms with Crippen LogP contribution in [0.1, 0.15) is 36.0 Å². The van der Waals surface area contributed by atoms with Crippen molar-refractivity contribution in [3.63, 3.8) is 0 Å². The van der Waals surface area contributed by atoms with Crippen molar-refractivity contribution in [2.45, 2.75) is 43.9 Å². The van der Waals surface area contributed by atoms with Crippen molar-refractivity contribution in [3.05, 3.63) is 65.0 Å². The number of nitrogens with zero attached hydrogens (tertiary/aromatic N) is 2. The quantitative estimate of drug-likeness (QED) is 0.491. The highest BCUT2D eigenvalue weighted by molar-refractivity contribution is 6.06. The average molecular weight is 539 g/mol. The number of carbonyl (C=O) groups is 5. The van der Waals surface area contributed by atoms with Gasteiger partial charge in [-0.25, -0.2) is 18.9 Å². The summed E-state index contributed by atoms with van der Waals surface area (Å²) in [5, 5.41) is 14.4. The second kappa shape index (κ2) is 10.0. The predicted molar refractivity (Wildman–Crippen MR) is 134 cm³/mol. The van der Waals surface area contributed by atoms with E-state index in [0.29, 0.717) is 23.2 Å². The number of fused-ring (bicyclic) bond motifs is 2. The van der Waals surface area contributed by atoms with Crippen LogP contribution in [0.4, 0.5) is 19.7 Å². The number of urea groups is 1. The monoisotopic (exact) mass is 538 g/mol. The number of hydrogen-bond acceptors (Lipinski definition) is 6. The first-order valence-electron chi connectivity index (χ1n) is 12.5. The van der Waals surface area contributed by atoms with E-state index in [1.54, 1.807) is 18.2 Å². The number of hydrogen-bond donors (Lipinski definition) is 3. The molecule has 1 saturated carbocycles. The lowest BCUT2D eigenvalue weighted by atomic mass is 9.79. The molecular weight excluding hydrogens is 511 g/mol. The molecule has 5 amide bonds. The molecule has 39 heavy (non-hydrogen) atoms. The second-order valence-corrected chi connectivity index (χ2v) is 9.97. The Bertz CT molecular complexity index is 1360. The van der Waals surface area contributed by atoms with E-state index in [4.69, 9.17) is 4.74 Å². The molecule has 2 fully saturated rings. The standard InChI is InChI=1S/C27H27FN4O7/c1-29-25(37)30-19-6-7-21-16(10-19)8-9-27(21)24(36)32(26(38)39-27)14-22(33)31(20-11-17(12-20)23(34)35)13-15-2-4-18(28)5-3-15/h2-7,10,17,20H,8-9,11-14H2,1H3,(H,34,35)(H2,29,30,37). The van der Waals surface area contributed by atoms with Crippen LogP contribution >= 0.6 is 0 Å². The fourth-order valence-corrected chi connectivity index (χ4v) is 5.40. The molecule has 5 rings (SSSR count). The first-order chi connectivity index (χ1) is 18.6. The third kappa shape index (κ3) is 4.77. The molecule has 1 aliphatic heterocycles. The number of carboxylic acid groups (broad SMARTS) is 1. The molecule has 2 aromatic carbocycles. The van der Waals surface area contributed by atoms with Gasteiger partial charge in [-0.05, 0) is 54.7 Å². The Balaban J connectivity index is 1.34. The number of nitrogens with one attached hydrogen (secondary N) is 2. The molecule has 1 saturated heterocycles. The van der Waals surface area contributed by atoms with Crippen molar-refractivity contribution >= 4 is 35.6 Å². The van der Waals surface area contributed by atoms with E-state index in [1.807, 2.05) is 0 Å².